The van der Waals surface area contributed by atoms with Crippen LogP contribution in [0.25, 0.3) is 5.65 Å². The second kappa shape index (κ2) is 11.9. The molecule has 15 heteroatoms. The van der Waals surface area contributed by atoms with Crippen LogP contribution in [-0.4, -0.2) is 59.5 Å². The van der Waals surface area contributed by atoms with Crippen LogP contribution in [0.3, 0.4) is 0 Å². The van der Waals surface area contributed by atoms with Gasteiger partial charge in [0.05, 0.1) is 16.9 Å². The number of sulfonamides is 1. The molecule has 0 unspecified atom stereocenters. The Bertz CT molecular complexity index is 1760. The Morgan fingerprint density at radius 2 is 1.74 bits per heavy atom. The van der Waals surface area contributed by atoms with Gasteiger partial charge >= 0.3 is 6.03 Å². The molecule has 0 saturated carbocycles. The largest absolute Gasteiger partial charge is 0.338 e. The topological polar surface area (TPSA) is 138 Å². The first kappa shape index (κ1) is 29.2. The number of hydrogen-bond acceptors (Lipinski definition) is 7. The molecular formula is C27H26ClF2N7O4S. The number of aromatic nitrogens is 3. The van der Waals surface area contributed by atoms with E-state index >= 15 is 0 Å². The minimum Gasteiger partial charge on any atom is -0.338 e. The van der Waals surface area contributed by atoms with E-state index in [1.807, 2.05) is 4.72 Å². The highest BCUT2D eigenvalue weighted by atomic mass is 35.5. The van der Waals surface area contributed by atoms with Crippen LogP contribution in [-0.2, 0) is 10.0 Å². The third-order valence-electron chi connectivity index (χ3n) is 6.88. The van der Waals surface area contributed by atoms with Gasteiger partial charge in [-0.1, -0.05) is 23.7 Å². The minimum atomic E-state index is -4.40. The predicted molar refractivity (Wildman–Crippen MR) is 151 cm³/mol. The van der Waals surface area contributed by atoms with Gasteiger partial charge in [0, 0.05) is 25.8 Å². The monoisotopic (exact) mass is 617 g/mol. The highest BCUT2D eigenvalue weighted by Gasteiger charge is 2.30. The summed E-state index contributed by atoms with van der Waals surface area (Å²) in [5.74, 6) is -1.19. The Balaban J connectivity index is 1.50. The average molecular weight is 618 g/mol. The molecule has 4 aromatic rings. The van der Waals surface area contributed by atoms with Gasteiger partial charge in [-0.05, 0) is 61.6 Å². The molecular weight excluding hydrogens is 592 g/mol. The van der Waals surface area contributed by atoms with Crippen LogP contribution in [0.15, 0.2) is 59.8 Å². The number of nitrogens with zero attached hydrogens (tertiary/aromatic N) is 4. The van der Waals surface area contributed by atoms with Gasteiger partial charge in [-0.15, -0.1) is 0 Å². The number of amides is 3. The van der Waals surface area contributed by atoms with E-state index in [-0.39, 0.29) is 46.0 Å². The van der Waals surface area contributed by atoms with Gasteiger partial charge in [-0.3, -0.25) is 4.79 Å². The fourth-order valence-corrected chi connectivity index (χ4v) is 5.95. The number of likely N-dealkylation sites (tertiary alicyclic amines) is 1. The summed E-state index contributed by atoms with van der Waals surface area (Å²) >= 11 is 6.28. The summed E-state index contributed by atoms with van der Waals surface area (Å²) in [6, 6.07) is 8.98. The molecule has 1 aliphatic rings. The third kappa shape index (κ3) is 5.99. The highest BCUT2D eigenvalue weighted by molar-refractivity contribution is 7.90. The number of rotatable bonds is 7. The van der Waals surface area contributed by atoms with Crippen LogP contribution in [0, 0.1) is 11.6 Å². The number of benzene rings is 2. The second-order valence-electron chi connectivity index (χ2n) is 9.60. The lowest BCUT2D eigenvalue weighted by atomic mass is 9.89. The SMILES string of the molecule is CCNC(=O)NS(=O)(=O)c1cnn2c(Nc3cc(F)ccc3Cl)c(C(=O)N3CCC(c4ccc(F)cc4)CC3)cnc12. The number of carbonyl (C=O) groups is 2. The first-order valence-corrected chi connectivity index (χ1v) is 14.9. The molecule has 1 saturated heterocycles. The van der Waals surface area contributed by atoms with Gasteiger partial charge in [0.2, 0.25) is 0 Å². The van der Waals surface area contributed by atoms with Crippen LogP contribution in [0.1, 0.15) is 41.6 Å². The zero-order chi connectivity index (χ0) is 30.0. The molecule has 1 aliphatic heterocycles. The summed E-state index contributed by atoms with van der Waals surface area (Å²) in [7, 11) is -4.40. The number of piperidine rings is 1. The van der Waals surface area contributed by atoms with E-state index in [0.717, 1.165) is 22.3 Å². The van der Waals surface area contributed by atoms with Gasteiger partial charge in [-0.25, -0.2) is 31.7 Å². The molecule has 5 rings (SSSR count). The zero-order valence-electron chi connectivity index (χ0n) is 22.3. The molecule has 3 amide bonds. The Morgan fingerprint density at radius 3 is 2.43 bits per heavy atom. The summed E-state index contributed by atoms with van der Waals surface area (Å²) in [6.45, 7) is 2.62. The van der Waals surface area contributed by atoms with Crippen molar-refractivity contribution in [3.05, 3.63) is 82.6 Å². The Hall–Kier alpha value is -4.30. The van der Waals surface area contributed by atoms with Crippen molar-refractivity contribution >= 4 is 50.7 Å². The molecule has 220 valence electrons. The molecule has 3 N–H and O–H groups in total. The number of fused-ring (bicyclic) bond motifs is 1. The Kier molecular flexibility index (Phi) is 8.27. The normalized spacial score (nSPS) is 14.1. The van der Waals surface area contributed by atoms with Gasteiger partial charge < -0.3 is 15.5 Å². The van der Waals surface area contributed by atoms with Crippen molar-refractivity contribution in [2.24, 2.45) is 0 Å². The molecule has 0 atom stereocenters. The Morgan fingerprint density at radius 1 is 1.05 bits per heavy atom. The molecule has 3 heterocycles. The molecule has 0 bridgehead atoms. The standard InChI is InChI=1S/C27H26ClF2N7O4S/c1-2-31-27(39)35-42(40,41)23-15-33-37-24(34-22-13-19(30)7-8-21(22)28)20(14-32-25(23)37)26(38)36-11-9-17(10-12-36)16-3-5-18(29)6-4-16/h3-8,13-15,17,34H,2,9-12H2,1H3,(H2,31,35,39). The van der Waals surface area contributed by atoms with Crippen molar-refractivity contribution in [1.82, 2.24) is 29.5 Å². The molecule has 42 heavy (non-hydrogen) atoms. The van der Waals surface area contributed by atoms with Crippen molar-refractivity contribution in [3.8, 4) is 0 Å². The lowest BCUT2D eigenvalue weighted by Crippen LogP contribution is -2.39. The molecule has 2 aromatic carbocycles. The van der Waals surface area contributed by atoms with Crippen molar-refractivity contribution in [3.63, 3.8) is 0 Å². The number of halogens is 3. The number of nitrogens with one attached hydrogen (secondary N) is 3. The van der Waals surface area contributed by atoms with E-state index in [0.29, 0.717) is 25.9 Å². The third-order valence-corrected chi connectivity index (χ3v) is 8.53. The zero-order valence-corrected chi connectivity index (χ0v) is 23.8. The van der Waals surface area contributed by atoms with E-state index in [1.165, 1.54) is 30.5 Å². The first-order valence-electron chi connectivity index (χ1n) is 13.0. The van der Waals surface area contributed by atoms with Gasteiger partial charge in [0.25, 0.3) is 15.9 Å². The van der Waals surface area contributed by atoms with Crippen LogP contribution in [0.5, 0.6) is 0 Å². The second-order valence-corrected chi connectivity index (χ2v) is 11.7. The number of anilines is 2. The number of urea groups is 1. The molecule has 11 nitrogen and oxygen atoms in total. The lowest BCUT2D eigenvalue weighted by molar-refractivity contribution is 0.0713. The summed E-state index contributed by atoms with van der Waals surface area (Å²) in [5.41, 5.74) is 0.940. The summed E-state index contributed by atoms with van der Waals surface area (Å²) in [6.07, 6.45) is 3.47. The van der Waals surface area contributed by atoms with Crippen LogP contribution in [0.4, 0.5) is 25.1 Å². The van der Waals surface area contributed by atoms with Crippen molar-refractivity contribution in [1.29, 1.82) is 0 Å². The van der Waals surface area contributed by atoms with Crippen molar-refractivity contribution in [2.45, 2.75) is 30.6 Å². The molecule has 0 radical (unpaired) electrons. The number of hydrogen-bond donors (Lipinski definition) is 3. The van der Waals surface area contributed by atoms with Gasteiger partial charge in [0.15, 0.2) is 10.5 Å². The maximum Gasteiger partial charge on any atom is 0.328 e. The van der Waals surface area contributed by atoms with Crippen LogP contribution >= 0.6 is 11.6 Å². The quantitative estimate of drug-likeness (QED) is 0.279. The maximum absolute atomic E-state index is 14.1. The molecule has 0 spiro atoms. The highest BCUT2D eigenvalue weighted by Crippen LogP contribution is 2.32. The lowest BCUT2D eigenvalue weighted by Gasteiger charge is -2.32. The fourth-order valence-electron chi connectivity index (χ4n) is 4.79. The summed E-state index contributed by atoms with van der Waals surface area (Å²) in [5, 5.41) is 9.53. The van der Waals surface area contributed by atoms with E-state index in [4.69, 9.17) is 11.6 Å². The van der Waals surface area contributed by atoms with Crippen LogP contribution < -0.4 is 15.4 Å². The predicted octanol–water partition coefficient (Wildman–Crippen LogP) is 4.43. The maximum atomic E-state index is 14.1. The molecule has 2 aromatic heterocycles. The molecule has 0 aliphatic carbocycles. The minimum absolute atomic E-state index is 0.00221. The summed E-state index contributed by atoms with van der Waals surface area (Å²) < 4.78 is 56.3. The fraction of sp³-hybridized carbons (Fsp3) is 0.259. The smallest absolute Gasteiger partial charge is 0.328 e. The van der Waals surface area contributed by atoms with Crippen LogP contribution in [0.2, 0.25) is 5.02 Å². The van der Waals surface area contributed by atoms with Crippen molar-refractivity contribution in [2.75, 3.05) is 25.0 Å². The van der Waals surface area contributed by atoms with E-state index < -0.39 is 32.7 Å². The summed E-state index contributed by atoms with van der Waals surface area (Å²) in [4.78, 5) is 31.1. The van der Waals surface area contributed by atoms with Crippen molar-refractivity contribution < 1.29 is 26.8 Å². The Labute approximate surface area is 244 Å². The number of carbonyl (C=O) groups excluding carboxylic acids is 2. The van der Waals surface area contributed by atoms with E-state index in [1.54, 1.807) is 24.0 Å². The first-order chi connectivity index (χ1) is 20.1. The molecule has 1 fully saturated rings. The van der Waals surface area contributed by atoms with Gasteiger partial charge in [-0.2, -0.15) is 9.61 Å². The van der Waals surface area contributed by atoms with E-state index in [2.05, 4.69) is 20.7 Å². The van der Waals surface area contributed by atoms with E-state index in [9.17, 15) is 26.8 Å². The average Bonchev–Trinajstić information content (AvgIpc) is 3.41. The van der Waals surface area contributed by atoms with Gasteiger partial charge in [0.1, 0.15) is 23.0 Å².